The number of nitrogens with one attached hydrogen (secondary N) is 1. The van der Waals surface area contributed by atoms with Gasteiger partial charge in [0.1, 0.15) is 12.1 Å². The SMILES string of the molecule is CCCC1(CCC)NC(=O)N(CC(=O)N(C(C)C)C(C)C)C1=O. The van der Waals surface area contributed by atoms with Crippen molar-refractivity contribution in [2.24, 2.45) is 0 Å². The molecule has 1 aliphatic heterocycles. The summed E-state index contributed by atoms with van der Waals surface area (Å²) in [5.41, 5.74) is -0.832. The van der Waals surface area contributed by atoms with E-state index in [1.807, 2.05) is 41.5 Å². The molecule has 0 aromatic carbocycles. The highest BCUT2D eigenvalue weighted by Crippen LogP contribution is 2.28. The zero-order chi connectivity index (χ0) is 17.8. The maximum Gasteiger partial charge on any atom is 0.325 e. The first-order valence-corrected chi connectivity index (χ1v) is 8.65. The monoisotopic (exact) mass is 325 g/mol. The maximum atomic E-state index is 12.8. The zero-order valence-corrected chi connectivity index (χ0v) is 15.3. The summed E-state index contributed by atoms with van der Waals surface area (Å²) in [5, 5.41) is 2.84. The minimum Gasteiger partial charge on any atom is -0.336 e. The van der Waals surface area contributed by atoms with Gasteiger partial charge in [-0.05, 0) is 40.5 Å². The van der Waals surface area contributed by atoms with Gasteiger partial charge in [-0.1, -0.05) is 26.7 Å². The van der Waals surface area contributed by atoms with Gasteiger partial charge in [0.25, 0.3) is 5.91 Å². The maximum absolute atomic E-state index is 12.8. The molecule has 6 nitrogen and oxygen atoms in total. The molecule has 1 rings (SSSR count). The zero-order valence-electron chi connectivity index (χ0n) is 15.3. The molecule has 4 amide bonds. The van der Waals surface area contributed by atoms with Crippen LogP contribution in [0.1, 0.15) is 67.2 Å². The molecule has 0 aromatic rings. The van der Waals surface area contributed by atoms with Crippen molar-refractivity contribution < 1.29 is 14.4 Å². The van der Waals surface area contributed by atoms with Crippen LogP contribution in [-0.4, -0.2) is 51.8 Å². The Morgan fingerprint density at radius 2 is 1.57 bits per heavy atom. The van der Waals surface area contributed by atoms with Crippen molar-refractivity contribution in [3.05, 3.63) is 0 Å². The average molecular weight is 325 g/mol. The van der Waals surface area contributed by atoms with Crippen LogP contribution < -0.4 is 5.32 Å². The van der Waals surface area contributed by atoms with E-state index in [0.717, 1.165) is 17.7 Å². The van der Waals surface area contributed by atoms with Gasteiger partial charge in [0.2, 0.25) is 5.91 Å². The van der Waals surface area contributed by atoms with Gasteiger partial charge in [-0.15, -0.1) is 0 Å². The minimum atomic E-state index is -0.832. The molecule has 0 spiro atoms. The lowest BCUT2D eigenvalue weighted by Gasteiger charge is -2.32. The molecule has 0 aliphatic carbocycles. The molecule has 0 bridgehead atoms. The Morgan fingerprint density at radius 3 is 1.96 bits per heavy atom. The molecule has 0 radical (unpaired) electrons. The smallest absolute Gasteiger partial charge is 0.325 e. The van der Waals surface area contributed by atoms with Crippen molar-refractivity contribution >= 4 is 17.8 Å². The van der Waals surface area contributed by atoms with Gasteiger partial charge in [-0.25, -0.2) is 4.79 Å². The molecule has 0 unspecified atom stereocenters. The average Bonchev–Trinajstić information content (AvgIpc) is 2.63. The summed E-state index contributed by atoms with van der Waals surface area (Å²) >= 11 is 0. The highest BCUT2D eigenvalue weighted by molar-refractivity contribution is 6.09. The molecular formula is C17H31N3O3. The lowest BCUT2D eigenvalue weighted by Crippen LogP contribution is -2.50. The number of carbonyl (C=O) groups excluding carboxylic acids is 3. The fourth-order valence-corrected chi connectivity index (χ4v) is 3.53. The predicted octanol–water partition coefficient (Wildman–Crippen LogP) is 2.52. The van der Waals surface area contributed by atoms with Crippen LogP contribution in [-0.2, 0) is 9.59 Å². The molecule has 23 heavy (non-hydrogen) atoms. The predicted molar refractivity (Wildman–Crippen MR) is 89.9 cm³/mol. The van der Waals surface area contributed by atoms with E-state index in [0.29, 0.717) is 12.8 Å². The van der Waals surface area contributed by atoms with Crippen molar-refractivity contribution in [2.75, 3.05) is 6.54 Å². The molecule has 132 valence electrons. The van der Waals surface area contributed by atoms with E-state index < -0.39 is 11.6 Å². The van der Waals surface area contributed by atoms with Crippen molar-refractivity contribution in [1.29, 1.82) is 0 Å². The van der Waals surface area contributed by atoms with Crippen molar-refractivity contribution in [2.45, 2.75) is 84.8 Å². The van der Waals surface area contributed by atoms with Crippen LogP contribution >= 0.6 is 0 Å². The first kappa shape index (κ1) is 19.5. The van der Waals surface area contributed by atoms with Gasteiger partial charge in [0.15, 0.2) is 0 Å². The first-order chi connectivity index (χ1) is 10.7. The summed E-state index contributed by atoms with van der Waals surface area (Å²) in [6.45, 7) is 11.5. The fraction of sp³-hybridized carbons (Fsp3) is 0.824. The molecule has 0 saturated carbocycles. The van der Waals surface area contributed by atoms with E-state index in [9.17, 15) is 14.4 Å². The molecule has 1 aliphatic rings. The first-order valence-electron chi connectivity index (χ1n) is 8.65. The quantitative estimate of drug-likeness (QED) is 0.697. The van der Waals surface area contributed by atoms with E-state index >= 15 is 0 Å². The Balaban J connectivity index is 2.94. The van der Waals surface area contributed by atoms with Crippen molar-refractivity contribution in [1.82, 2.24) is 15.1 Å². The number of carbonyl (C=O) groups is 3. The second kappa shape index (κ2) is 7.79. The summed E-state index contributed by atoms with van der Waals surface area (Å²) in [7, 11) is 0. The number of nitrogens with zero attached hydrogens (tertiary/aromatic N) is 2. The standard InChI is InChI=1S/C17H31N3O3/c1-7-9-17(10-8-2)15(22)19(16(23)18-17)11-14(21)20(12(3)4)13(5)6/h12-13H,7-11H2,1-6H3,(H,18,23). The highest BCUT2D eigenvalue weighted by atomic mass is 16.2. The second-order valence-corrected chi connectivity index (χ2v) is 6.89. The summed E-state index contributed by atoms with van der Waals surface area (Å²) < 4.78 is 0. The van der Waals surface area contributed by atoms with Gasteiger partial charge in [0, 0.05) is 12.1 Å². The Kier molecular flexibility index (Phi) is 6.59. The van der Waals surface area contributed by atoms with Crippen LogP contribution in [0.15, 0.2) is 0 Å². The van der Waals surface area contributed by atoms with Gasteiger partial charge >= 0.3 is 6.03 Å². The summed E-state index contributed by atoms with van der Waals surface area (Å²) in [4.78, 5) is 40.4. The molecule has 1 fully saturated rings. The van der Waals surface area contributed by atoms with Crippen molar-refractivity contribution in [3.63, 3.8) is 0 Å². The Morgan fingerprint density at radius 1 is 1.09 bits per heavy atom. The van der Waals surface area contributed by atoms with Crippen LogP contribution in [0.3, 0.4) is 0 Å². The minimum absolute atomic E-state index is 0.0271. The van der Waals surface area contributed by atoms with Gasteiger partial charge in [-0.3, -0.25) is 14.5 Å². The molecule has 1 heterocycles. The van der Waals surface area contributed by atoms with Crippen molar-refractivity contribution in [3.8, 4) is 0 Å². The molecule has 1 saturated heterocycles. The topological polar surface area (TPSA) is 69.7 Å². The summed E-state index contributed by atoms with van der Waals surface area (Å²) in [6, 6.07) is -0.392. The normalized spacial score (nSPS) is 17.1. The van der Waals surface area contributed by atoms with Crippen LogP contribution in [0.2, 0.25) is 0 Å². The third-order valence-corrected chi connectivity index (χ3v) is 4.29. The molecule has 1 N–H and O–H groups in total. The van der Waals surface area contributed by atoms with Crippen LogP contribution in [0.25, 0.3) is 0 Å². The van der Waals surface area contributed by atoms with E-state index in [1.165, 1.54) is 0 Å². The summed E-state index contributed by atoms with van der Waals surface area (Å²) in [5.74, 6) is -0.450. The number of imide groups is 1. The van der Waals surface area contributed by atoms with Crippen LogP contribution in [0.5, 0.6) is 0 Å². The van der Waals surface area contributed by atoms with Crippen LogP contribution in [0.4, 0.5) is 4.79 Å². The van der Waals surface area contributed by atoms with Gasteiger partial charge < -0.3 is 10.2 Å². The third kappa shape index (κ3) is 4.03. The lowest BCUT2D eigenvalue weighted by atomic mass is 9.88. The summed E-state index contributed by atoms with van der Waals surface area (Å²) in [6.07, 6.45) is 2.82. The fourth-order valence-electron chi connectivity index (χ4n) is 3.53. The van der Waals surface area contributed by atoms with Gasteiger partial charge in [0.05, 0.1) is 0 Å². The number of hydrogen-bond acceptors (Lipinski definition) is 3. The lowest BCUT2D eigenvalue weighted by molar-refractivity contribution is -0.141. The Bertz CT molecular complexity index is 446. The Labute approximate surface area is 139 Å². The number of amides is 4. The molecule has 6 heteroatoms. The molecule has 0 atom stereocenters. The van der Waals surface area contributed by atoms with E-state index in [1.54, 1.807) is 4.90 Å². The van der Waals surface area contributed by atoms with Crippen LogP contribution in [0, 0.1) is 0 Å². The third-order valence-electron chi connectivity index (χ3n) is 4.29. The van der Waals surface area contributed by atoms with E-state index in [2.05, 4.69) is 5.32 Å². The largest absolute Gasteiger partial charge is 0.336 e. The Hall–Kier alpha value is -1.59. The molecule has 0 aromatic heterocycles. The number of urea groups is 1. The number of rotatable bonds is 8. The highest BCUT2D eigenvalue weighted by Gasteiger charge is 2.50. The van der Waals surface area contributed by atoms with E-state index in [-0.39, 0.29) is 30.4 Å². The van der Waals surface area contributed by atoms with Gasteiger partial charge in [-0.2, -0.15) is 0 Å². The van der Waals surface area contributed by atoms with E-state index in [4.69, 9.17) is 0 Å². The molecular weight excluding hydrogens is 294 g/mol. The second-order valence-electron chi connectivity index (χ2n) is 6.89. The number of hydrogen-bond donors (Lipinski definition) is 1.